The van der Waals surface area contributed by atoms with Crippen LogP contribution in [0.2, 0.25) is 0 Å². The van der Waals surface area contributed by atoms with E-state index in [1.165, 1.54) is 0 Å². The van der Waals surface area contributed by atoms with Crippen LogP contribution in [-0.4, -0.2) is 29.0 Å². The van der Waals surface area contributed by atoms with Gasteiger partial charge in [-0.2, -0.15) is 5.10 Å². The van der Waals surface area contributed by atoms with Gasteiger partial charge in [0.25, 0.3) is 0 Å². The number of ether oxygens (including phenoxy) is 2. The lowest BCUT2D eigenvalue weighted by Crippen LogP contribution is -2.29. The number of benzene rings is 1. The van der Waals surface area contributed by atoms with Gasteiger partial charge in [0.15, 0.2) is 11.5 Å². The van der Waals surface area contributed by atoms with E-state index < -0.39 is 0 Å². The van der Waals surface area contributed by atoms with Crippen LogP contribution in [0.25, 0.3) is 0 Å². The quantitative estimate of drug-likeness (QED) is 0.881. The molecular weight excluding hydrogens is 258 g/mol. The fourth-order valence-electron chi connectivity index (χ4n) is 2.04. The van der Waals surface area contributed by atoms with Gasteiger partial charge in [0, 0.05) is 18.9 Å². The van der Waals surface area contributed by atoms with E-state index in [0.717, 1.165) is 23.5 Å². The molecule has 0 saturated carbocycles. The molecule has 1 aromatic heterocycles. The third-order valence-corrected chi connectivity index (χ3v) is 3.04. The first-order valence-corrected chi connectivity index (χ1v) is 6.44. The average Bonchev–Trinajstić information content (AvgIpc) is 3.09. The Balaban J connectivity index is 1.46. The van der Waals surface area contributed by atoms with E-state index in [2.05, 4.69) is 10.4 Å². The highest BCUT2D eigenvalue weighted by atomic mass is 16.7. The van der Waals surface area contributed by atoms with E-state index in [0.29, 0.717) is 6.54 Å². The van der Waals surface area contributed by atoms with Gasteiger partial charge >= 0.3 is 0 Å². The van der Waals surface area contributed by atoms with Gasteiger partial charge in [0.2, 0.25) is 12.7 Å². The molecule has 0 bridgehead atoms. The molecule has 0 fully saturated rings. The molecule has 6 nitrogen and oxygen atoms in total. The van der Waals surface area contributed by atoms with Crippen LogP contribution >= 0.6 is 0 Å². The van der Waals surface area contributed by atoms with E-state index in [9.17, 15) is 4.79 Å². The summed E-state index contributed by atoms with van der Waals surface area (Å²) in [5, 5.41) is 6.85. The van der Waals surface area contributed by atoms with Crippen molar-refractivity contribution in [3.8, 4) is 11.5 Å². The van der Waals surface area contributed by atoms with Gasteiger partial charge in [0.05, 0.1) is 0 Å². The van der Waals surface area contributed by atoms with Gasteiger partial charge < -0.3 is 14.8 Å². The Hall–Kier alpha value is -2.50. The Bertz CT molecular complexity index is 596. The second kappa shape index (κ2) is 5.64. The van der Waals surface area contributed by atoms with Crippen LogP contribution in [0.1, 0.15) is 5.56 Å². The first kappa shape index (κ1) is 12.5. The van der Waals surface area contributed by atoms with Crippen LogP contribution in [0, 0.1) is 0 Å². The maximum atomic E-state index is 11.7. The Morgan fingerprint density at radius 2 is 2.25 bits per heavy atom. The highest BCUT2D eigenvalue weighted by Crippen LogP contribution is 2.32. The summed E-state index contributed by atoms with van der Waals surface area (Å²) in [7, 11) is 0. The molecule has 1 N–H and O–H groups in total. The standard InChI is InChI=1S/C14H15N3O3/c18-14(9-17-7-1-5-16-17)15-6-4-11-2-3-12-13(8-11)20-10-19-12/h1-3,5,7-8H,4,6,9-10H2,(H,15,18). The van der Waals surface area contributed by atoms with Crippen LogP contribution in [0.3, 0.4) is 0 Å². The molecule has 104 valence electrons. The zero-order chi connectivity index (χ0) is 13.8. The molecule has 1 amide bonds. The summed E-state index contributed by atoms with van der Waals surface area (Å²) < 4.78 is 12.2. The molecule has 0 aliphatic carbocycles. The van der Waals surface area contributed by atoms with E-state index in [-0.39, 0.29) is 19.2 Å². The van der Waals surface area contributed by atoms with Crippen molar-refractivity contribution in [1.29, 1.82) is 0 Å². The van der Waals surface area contributed by atoms with Gasteiger partial charge in [-0.3, -0.25) is 9.48 Å². The molecule has 1 aromatic carbocycles. The van der Waals surface area contributed by atoms with Crippen LogP contribution in [0.4, 0.5) is 0 Å². The molecule has 0 spiro atoms. The van der Waals surface area contributed by atoms with Crippen molar-refractivity contribution in [1.82, 2.24) is 15.1 Å². The number of nitrogens with one attached hydrogen (secondary N) is 1. The zero-order valence-corrected chi connectivity index (χ0v) is 10.9. The van der Waals surface area contributed by atoms with Crippen LogP contribution in [0.15, 0.2) is 36.7 Å². The highest BCUT2D eigenvalue weighted by molar-refractivity contribution is 5.75. The summed E-state index contributed by atoms with van der Waals surface area (Å²) >= 11 is 0. The number of hydrogen-bond acceptors (Lipinski definition) is 4. The molecular formula is C14H15N3O3. The fraction of sp³-hybridized carbons (Fsp3) is 0.286. The first-order valence-electron chi connectivity index (χ1n) is 6.44. The van der Waals surface area contributed by atoms with Gasteiger partial charge in [-0.1, -0.05) is 6.07 Å². The number of carbonyl (C=O) groups is 1. The largest absolute Gasteiger partial charge is 0.454 e. The molecule has 3 rings (SSSR count). The lowest BCUT2D eigenvalue weighted by atomic mass is 10.1. The Morgan fingerprint density at radius 1 is 1.35 bits per heavy atom. The second-order valence-electron chi connectivity index (χ2n) is 4.49. The monoisotopic (exact) mass is 273 g/mol. The zero-order valence-electron chi connectivity index (χ0n) is 10.9. The normalized spacial score (nSPS) is 12.4. The molecule has 0 unspecified atom stereocenters. The SMILES string of the molecule is O=C(Cn1cccn1)NCCc1ccc2c(c1)OCO2. The van der Waals surface area contributed by atoms with Crippen molar-refractivity contribution >= 4 is 5.91 Å². The Labute approximate surface area is 116 Å². The molecule has 20 heavy (non-hydrogen) atoms. The minimum atomic E-state index is -0.0468. The van der Waals surface area contributed by atoms with Crippen molar-refractivity contribution in [3.63, 3.8) is 0 Å². The van der Waals surface area contributed by atoms with Gasteiger partial charge in [-0.05, 0) is 30.2 Å². The third kappa shape index (κ3) is 2.90. The van der Waals surface area contributed by atoms with Crippen molar-refractivity contribution < 1.29 is 14.3 Å². The van der Waals surface area contributed by atoms with E-state index in [1.807, 2.05) is 18.2 Å². The molecule has 6 heteroatoms. The number of carbonyl (C=O) groups excluding carboxylic acids is 1. The van der Waals surface area contributed by atoms with Crippen molar-refractivity contribution in [2.45, 2.75) is 13.0 Å². The van der Waals surface area contributed by atoms with Crippen molar-refractivity contribution in [3.05, 3.63) is 42.2 Å². The lowest BCUT2D eigenvalue weighted by molar-refractivity contribution is -0.121. The molecule has 0 atom stereocenters. The number of hydrogen-bond donors (Lipinski definition) is 1. The number of fused-ring (bicyclic) bond motifs is 1. The minimum absolute atomic E-state index is 0.0468. The predicted octanol–water partition coefficient (Wildman–Crippen LogP) is 0.971. The third-order valence-electron chi connectivity index (χ3n) is 3.04. The minimum Gasteiger partial charge on any atom is -0.454 e. The molecule has 1 aliphatic rings. The molecule has 2 heterocycles. The van der Waals surface area contributed by atoms with Crippen molar-refractivity contribution in [2.24, 2.45) is 0 Å². The fourth-order valence-corrected chi connectivity index (χ4v) is 2.04. The average molecular weight is 273 g/mol. The number of rotatable bonds is 5. The van der Waals surface area contributed by atoms with E-state index in [1.54, 1.807) is 23.1 Å². The Kier molecular flexibility index (Phi) is 3.54. The summed E-state index contributed by atoms with van der Waals surface area (Å²) in [5.74, 6) is 1.50. The van der Waals surface area contributed by atoms with Gasteiger partial charge in [-0.15, -0.1) is 0 Å². The second-order valence-corrected chi connectivity index (χ2v) is 4.49. The molecule has 0 radical (unpaired) electrons. The molecule has 0 saturated heterocycles. The smallest absolute Gasteiger partial charge is 0.241 e. The maximum absolute atomic E-state index is 11.7. The molecule has 2 aromatic rings. The number of amides is 1. The van der Waals surface area contributed by atoms with Gasteiger partial charge in [0.1, 0.15) is 6.54 Å². The maximum Gasteiger partial charge on any atom is 0.241 e. The predicted molar refractivity (Wildman–Crippen MR) is 71.5 cm³/mol. The van der Waals surface area contributed by atoms with E-state index in [4.69, 9.17) is 9.47 Å². The summed E-state index contributed by atoms with van der Waals surface area (Å²) in [6, 6.07) is 7.61. The number of nitrogens with zero attached hydrogens (tertiary/aromatic N) is 2. The summed E-state index contributed by atoms with van der Waals surface area (Å²) in [5.41, 5.74) is 1.11. The van der Waals surface area contributed by atoms with E-state index >= 15 is 0 Å². The van der Waals surface area contributed by atoms with Crippen LogP contribution in [0.5, 0.6) is 11.5 Å². The summed E-state index contributed by atoms with van der Waals surface area (Å²) in [4.78, 5) is 11.7. The number of aromatic nitrogens is 2. The first-order chi connectivity index (χ1) is 9.81. The lowest BCUT2D eigenvalue weighted by Gasteiger charge is -2.06. The summed E-state index contributed by atoms with van der Waals surface area (Å²) in [6.07, 6.45) is 4.17. The topological polar surface area (TPSA) is 65.4 Å². The van der Waals surface area contributed by atoms with Gasteiger partial charge in [-0.25, -0.2) is 0 Å². The molecule has 1 aliphatic heterocycles. The van der Waals surface area contributed by atoms with Crippen molar-refractivity contribution in [2.75, 3.05) is 13.3 Å². The summed E-state index contributed by atoms with van der Waals surface area (Å²) in [6.45, 7) is 1.10. The highest BCUT2D eigenvalue weighted by Gasteiger charge is 2.13. The Morgan fingerprint density at radius 3 is 3.10 bits per heavy atom. The van der Waals surface area contributed by atoms with Crippen LogP contribution in [-0.2, 0) is 17.8 Å². The van der Waals surface area contributed by atoms with Crippen LogP contribution < -0.4 is 14.8 Å².